The normalized spacial score (nSPS) is 38.9. The summed E-state index contributed by atoms with van der Waals surface area (Å²) in [7, 11) is 0. The molecule has 0 aromatic heterocycles. The van der Waals surface area contributed by atoms with E-state index in [1.165, 1.54) is 6.92 Å². The number of piperidine rings is 1. The van der Waals surface area contributed by atoms with Crippen molar-refractivity contribution in [1.29, 1.82) is 0 Å². The lowest BCUT2D eigenvalue weighted by Crippen LogP contribution is -2.57. The summed E-state index contributed by atoms with van der Waals surface area (Å²) < 4.78 is 0. The van der Waals surface area contributed by atoms with Crippen LogP contribution in [0, 0.1) is 0 Å². The summed E-state index contributed by atoms with van der Waals surface area (Å²) in [6.07, 6.45) is -1.63. The number of nitrogens with one attached hydrogen (secondary N) is 1. The average Bonchev–Trinajstić information content (AvgIpc) is 2.18. The Morgan fingerprint density at radius 1 is 1.40 bits per heavy atom. The van der Waals surface area contributed by atoms with E-state index < -0.39 is 18.3 Å². The number of allylic oxidation sites excluding steroid dienone is 1. The number of rotatable bonds is 2. The Balaban J connectivity index is 2.74. The lowest BCUT2D eigenvalue weighted by Gasteiger charge is -2.36. The van der Waals surface area contributed by atoms with Crippen LogP contribution in [-0.2, 0) is 4.79 Å². The van der Waals surface area contributed by atoms with E-state index in [1.807, 2.05) is 0 Å². The Morgan fingerprint density at radius 2 is 2.00 bits per heavy atom. The van der Waals surface area contributed by atoms with Crippen LogP contribution in [0.2, 0.25) is 0 Å². The molecule has 0 spiro atoms. The zero-order chi connectivity index (χ0) is 11.6. The third-order valence-corrected chi connectivity index (χ3v) is 2.51. The van der Waals surface area contributed by atoms with Crippen molar-refractivity contribution in [2.45, 2.75) is 44.6 Å². The zero-order valence-electron chi connectivity index (χ0n) is 8.84. The van der Waals surface area contributed by atoms with Gasteiger partial charge in [-0.15, -0.1) is 0 Å². The molecule has 1 fully saturated rings. The molecule has 1 saturated heterocycles. The van der Waals surface area contributed by atoms with E-state index in [9.17, 15) is 20.1 Å². The number of carbonyl (C=O) groups is 1. The summed E-state index contributed by atoms with van der Waals surface area (Å²) >= 11 is 0. The van der Waals surface area contributed by atoms with Crippen molar-refractivity contribution in [2.75, 3.05) is 0 Å². The molecule has 0 saturated carbocycles. The van der Waals surface area contributed by atoms with E-state index in [1.54, 1.807) is 13.0 Å². The Morgan fingerprint density at radius 3 is 2.53 bits per heavy atom. The van der Waals surface area contributed by atoms with Gasteiger partial charge in [-0.25, -0.2) is 0 Å². The van der Waals surface area contributed by atoms with Crippen molar-refractivity contribution < 1.29 is 20.1 Å². The lowest BCUT2D eigenvalue weighted by atomic mass is 9.94. The third-order valence-electron chi connectivity index (χ3n) is 2.51. The molecule has 0 unspecified atom stereocenters. The maximum absolute atomic E-state index is 10.8. The molecule has 4 atom stereocenters. The molecule has 0 radical (unpaired) electrons. The van der Waals surface area contributed by atoms with Gasteiger partial charge in [0.1, 0.15) is 24.1 Å². The minimum atomic E-state index is -1.21. The smallest absolute Gasteiger partial charge is 0.133 e. The molecule has 15 heavy (non-hydrogen) atoms. The Hall–Kier alpha value is -0.910. The average molecular weight is 215 g/mol. The molecule has 5 nitrogen and oxygen atoms in total. The number of Topliss-reactive ketones (excluding diaryl/α,β-unsaturated/α-hetero) is 1. The molecule has 0 aromatic rings. The highest BCUT2D eigenvalue weighted by molar-refractivity contribution is 5.77. The van der Waals surface area contributed by atoms with Gasteiger partial charge in [-0.2, -0.15) is 0 Å². The second-order valence-corrected chi connectivity index (χ2v) is 3.92. The van der Waals surface area contributed by atoms with Gasteiger partial charge in [-0.3, -0.25) is 4.79 Å². The Bertz CT molecular complexity index is 277. The first kappa shape index (κ1) is 12.2. The van der Waals surface area contributed by atoms with Crippen molar-refractivity contribution in [1.82, 2.24) is 5.32 Å². The van der Waals surface area contributed by atoms with Crippen LogP contribution in [0.4, 0.5) is 0 Å². The first-order valence-corrected chi connectivity index (χ1v) is 4.93. The quantitative estimate of drug-likeness (QED) is 0.470. The van der Waals surface area contributed by atoms with Crippen LogP contribution in [-0.4, -0.2) is 45.5 Å². The van der Waals surface area contributed by atoms with Crippen molar-refractivity contribution in [3.8, 4) is 0 Å². The van der Waals surface area contributed by atoms with Gasteiger partial charge in [0.05, 0.1) is 6.04 Å². The fourth-order valence-corrected chi connectivity index (χ4v) is 1.53. The maximum atomic E-state index is 10.8. The number of aliphatic hydroxyl groups is 3. The topological polar surface area (TPSA) is 89.8 Å². The van der Waals surface area contributed by atoms with Gasteiger partial charge in [-0.05, 0) is 13.8 Å². The van der Waals surface area contributed by atoms with E-state index in [0.717, 1.165) is 0 Å². The number of hydrogen-bond donors (Lipinski definition) is 4. The van der Waals surface area contributed by atoms with Crippen molar-refractivity contribution in [3.05, 3.63) is 11.8 Å². The molecule has 0 amide bonds. The van der Waals surface area contributed by atoms with E-state index in [2.05, 4.69) is 5.32 Å². The van der Waals surface area contributed by atoms with Crippen molar-refractivity contribution in [3.63, 3.8) is 0 Å². The highest BCUT2D eigenvalue weighted by atomic mass is 16.4. The van der Waals surface area contributed by atoms with E-state index >= 15 is 0 Å². The molecule has 0 bridgehead atoms. The lowest BCUT2D eigenvalue weighted by molar-refractivity contribution is -0.116. The summed E-state index contributed by atoms with van der Waals surface area (Å²) in [5.41, 5.74) is 0.399. The Kier molecular flexibility index (Phi) is 3.84. The number of carbonyl (C=O) groups excluding carboxylic acids is 1. The molecule has 5 heteroatoms. The highest BCUT2D eigenvalue weighted by Gasteiger charge is 2.36. The molecular weight excluding hydrogens is 198 g/mol. The minimum absolute atomic E-state index is 0.0234. The van der Waals surface area contributed by atoms with Crippen LogP contribution in [0.15, 0.2) is 11.8 Å². The van der Waals surface area contributed by atoms with E-state index in [0.29, 0.717) is 5.70 Å². The largest absolute Gasteiger partial charge is 0.388 e. The molecule has 1 aliphatic heterocycles. The first-order chi connectivity index (χ1) is 6.93. The van der Waals surface area contributed by atoms with Crippen molar-refractivity contribution >= 4 is 5.78 Å². The second-order valence-electron chi connectivity index (χ2n) is 3.92. The van der Waals surface area contributed by atoms with Crippen LogP contribution < -0.4 is 5.32 Å². The molecular formula is C10H17NO4. The maximum Gasteiger partial charge on any atom is 0.133 e. The van der Waals surface area contributed by atoms with Gasteiger partial charge >= 0.3 is 0 Å². The van der Waals surface area contributed by atoms with Gasteiger partial charge < -0.3 is 20.6 Å². The van der Waals surface area contributed by atoms with E-state index in [4.69, 9.17) is 0 Å². The van der Waals surface area contributed by atoms with Crippen LogP contribution in [0.5, 0.6) is 0 Å². The van der Waals surface area contributed by atoms with Crippen LogP contribution >= 0.6 is 0 Å². The summed E-state index contributed by atoms with van der Waals surface area (Å²) in [6, 6.07) is -0.346. The minimum Gasteiger partial charge on any atom is -0.388 e. The molecule has 0 aliphatic carbocycles. The molecule has 1 rings (SSSR count). The predicted molar refractivity (Wildman–Crippen MR) is 54.0 cm³/mol. The van der Waals surface area contributed by atoms with Crippen LogP contribution in [0.3, 0.4) is 0 Å². The Labute approximate surface area is 88.4 Å². The van der Waals surface area contributed by atoms with Gasteiger partial charge in [-0.1, -0.05) is 6.08 Å². The zero-order valence-corrected chi connectivity index (χ0v) is 8.84. The van der Waals surface area contributed by atoms with Gasteiger partial charge in [0.2, 0.25) is 0 Å². The highest BCUT2D eigenvalue weighted by Crippen LogP contribution is 2.18. The SMILES string of the molecule is CC(=O)C/C=C1\N[C@@H](C)[C@@H](O)[C@@H](O)[C@@H]1O. The third kappa shape index (κ3) is 2.77. The fraction of sp³-hybridized carbons (Fsp3) is 0.700. The molecule has 86 valence electrons. The van der Waals surface area contributed by atoms with Crippen LogP contribution in [0.25, 0.3) is 0 Å². The number of hydrogen-bond acceptors (Lipinski definition) is 5. The predicted octanol–water partition coefficient (Wildman–Crippen LogP) is -1.08. The summed E-state index contributed by atoms with van der Waals surface area (Å²) in [4.78, 5) is 10.8. The van der Waals surface area contributed by atoms with Gasteiger partial charge in [0.25, 0.3) is 0 Å². The number of aliphatic hydroxyl groups excluding tert-OH is 3. The molecule has 0 aromatic carbocycles. The first-order valence-electron chi connectivity index (χ1n) is 4.93. The van der Waals surface area contributed by atoms with Gasteiger partial charge in [0.15, 0.2) is 0 Å². The molecule has 4 N–H and O–H groups in total. The standard InChI is InChI=1S/C10H17NO4/c1-5(12)3-4-7-9(14)10(15)8(13)6(2)11-7/h4,6,8-11,13-15H,3H2,1-2H3/b7-4-/t6-,8+,9+,10+/m0/s1. The summed E-state index contributed by atoms with van der Waals surface area (Å²) in [6.45, 7) is 3.14. The van der Waals surface area contributed by atoms with E-state index in [-0.39, 0.29) is 18.2 Å². The monoisotopic (exact) mass is 215 g/mol. The van der Waals surface area contributed by atoms with Crippen LogP contribution in [0.1, 0.15) is 20.3 Å². The summed E-state index contributed by atoms with van der Waals surface area (Å²) in [5.74, 6) is -0.0234. The summed E-state index contributed by atoms with van der Waals surface area (Å²) in [5, 5.41) is 31.4. The number of ketones is 1. The second kappa shape index (κ2) is 4.74. The fourth-order valence-electron chi connectivity index (χ4n) is 1.53. The van der Waals surface area contributed by atoms with Gasteiger partial charge in [0, 0.05) is 12.1 Å². The van der Waals surface area contributed by atoms with Crippen molar-refractivity contribution in [2.24, 2.45) is 0 Å². The molecule has 1 heterocycles. The molecule has 1 aliphatic rings.